The summed E-state index contributed by atoms with van der Waals surface area (Å²) in [5, 5.41) is 18.3. The number of hydrogen-bond donors (Lipinski definition) is 3. The van der Waals surface area contributed by atoms with Gasteiger partial charge in [0, 0.05) is 38.8 Å². The van der Waals surface area contributed by atoms with Crippen molar-refractivity contribution < 1.29 is 19.4 Å². The summed E-state index contributed by atoms with van der Waals surface area (Å²) >= 11 is 0. The highest BCUT2D eigenvalue weighted by molar-refractivity contribution is 5.86. The van der Waals surface area contributed by atoms with Gasteiger partial charge in [-0.05, 0) is 0 Å². The normalized spacial score (nSPS) is 23.4. The SMILES string of the molecule is COC1(CNCc2cn[nH]c2C(=O)O)CCOC1. The summed E-state index contributed by atoms with van der Waals surface area (Å²) in [7, 11) is 1.66. The van der Waals surface area contributed by atoms with Crippen LogP contribution in [0.1, 0.15) is 22.5 Å². The van der Waals surface area contributed by atoms with Crippen molar-refractivity contribution in [2.75, 3.05) is 26.9 Å². The second kappa shape index (κ2) is 5.47. The molecule has 1 aromatic rings. The van der Waals surface area contributed by atoms with Gasteiger partial charge in [-0.1, -0.05) is 0 Å². The highest BCUT2D eigenvalue weighted by Gasteiger charge is 2.34. The molecule has 0 bridgehead atoms. The lowest BCUT2D eigenvalue weighted by molar-refractivity contribution is -0.0159. The number of aromatic nitrogens is 2. The van der Waals surface area contributed by atoms with Crippen molar-refractivity contribution in [1.29, 1.82) is 0 Å². The minimum Gasteiger partial charge on any atom is -0.477 e. The van der Waals surface area contributed by atoms with Gasteiger partial charge in [0.25, 0.3) is 0 Å². The fourth-order valence-corrected chi connectivity index (χ4v) is 2.02. The van der Waals surface area contributed by atoms with Crippen LogP contribution in [-0.4, -0.2) is 53.7 Å². The molecule has 1 saturated heterocycles. The van der Waals surface area contributed by atoms with Crippen molar-refractivity contribution in [3.63, 3.8) is 0 Å². The van der Waals surface area contributed by atoms with Gasteiger partial charge in [-0.25, -0.2) is 4.79 Å². The Morgan fingerprint density at radius 3 is 3.22 bits per heavy atom. The van der Waals surface area contributed by atoms with Gasteiger partial charge in [-0.3, -0.25) is 5.10 Å². The minimum absolute atomic E-state index is 0.122. The Balaban J connectivity index is 1.88. The van der Waals surface area contributed by atoms with E-state index in [0.29, 0.717) is 31.9 Å². The van der Waals surface area contributed by atoms with Crippen LogP contribution in [0.3, 0.4) is 0 Å². The lowest BCUT2D eigenvalue weighted by atomic mass is 10.0. The number of carboxylic acid groups (broad SMARTS) is 1. The lowest BCUT2D eigenvalue weighted by Crippen LogP contribution is -2.42. The Hall–Kier alpha value is -1.44. The van der Waals surface area contributed by atoms with E-state index in [1.165, 1.54) is 6.20 Å². The fraction of sp³-hybridized carbons (Fsp3) is 0.636. The zero-order valence-corrected chi connectivity index (χ0v) is 10.2. The van der Waals surface area contributed by atoms with E-state index >= 15 is 0 Å². The molecule has 3 N–H and O–H groups in total. The molecule has 0 radical (unpaired) electrons. The van der Waals surface area contributed by atoms with Gasteiger partial charge < -0.3 is 19.9 Å². The first kappa shape index (κ1) is 13.0. The van der Waals surface area contributed by atoms with Crippen LogP contribution in [0.2, 0.25) is 0 Å². The second-order valence-electron chi connectivity index (χ2n) is 4.37. The van der Waals surface area contributed by atoms with Crippen molar-refractivity contribution in [2.45, 2.75) is 18.6 Å². The van der Waals surface area contributed by atoms with Crippen LogP contribution in [0, 0.1) is 0 Å². The van der Waals surface area contributed by atoms with Crippen LogP contribution in [0.15, 0.2) is 6.20 Å². The maximum atomic E-state index is 10.9. The molecule has 0 spiro atoms. The smallest absolute Gasteiger partial charge is 0.354 e. The maximum absolute atomic E-state index is 10.9. The number of aromatic carboxylic acids is 1. The first-order chi connectivity index (χ1) is 8.67. The highest BCUT2D eigenvalue weighted by Crippen LogP contribution is 2.21. The molecule has 100 valence electrons. The quantitative estimate of drug-likeness (QED) is 0.662. The van der Waals surface area contributed by atoms with Crippen LogP contribution >= 0.6 is 0 Å². The molecular weight excluding hydrogens is 238 g/mol. The van der Waals surface area contributed by atoms with Gasteiger partial charge in [-0.15, -0.1) is 0 Å². The highest BCUT2D eigenvalue weighted by atomic mass is 16.5. The summed E-state index contributed by atoms with van der Waals surface area (Å²) in [4.78, 5) is 10.9. The van der Waals surface area contributed by atoms with Gasteiger partial charge in [0.15, 0.2) is 0 Å². The van der Waals surface area contributed by atoms with Crippen LogP contribution in [0.4, 0.5) is 0 Å². The van der Waals surface area contributed by atoms with Crippen LogP contribution < -0.4 is 5.32 Å². The van der Waals surface area contributed by atoms with Crippen molar-refractivity contribution in [3.05, 3.63) is 17.5 Å². The summed E-state index contributed by atoms with van der Waals surface area (Å²) in [6.07, 6.45) is 2.36. The Morgan fingerprint density at radius 2 is 2.61 bits per heavy atom. The third kappa shape index (κ3) is 2.69. The minimum atomic E-state index is -1.00. The molecule has 1 unspecified atom stereocenters. The summed E-state index contributed by atoms with van der Waals surface area (Å²) in [5.41, 5.74) is 0.455. The molecule has 1 aliphatic heterocycles. The van der Waals surface area contributed by atoms with Gasteiger partial charge in [0.05, 0.1) is 12.8 Å². The summed E-state index contributed by atoms with van der Waals surface area (Å²) in [6, 6.07) is 0. The Bertz CT molecular complexity index is 412. The van der Waals surface area contributed by atoms with E-state index in [-0.39, 0.29) is 11.3 Å². The molecule has 0 saturated carbocycles. The molecule has 1 fully saturated rings. The number of ether oxygens (including phenoxy) is 2. The Morgan fingerprint density at radius 1 is 1.78 bits per heavy atom. The van der Waals surface area contributed by atoms with Gasteiger partial charge in [-0.2, -0.15) is 5.10 Å². The molecule has 1 aliphatic rings. The number of H-pyrrole nitrogens is 1. The number of carboxylic acids is 1. The number of rotatable bonds is 6. The number of hydrogen-bond acceptors (Lipinski definition) is 5. The molecule has 1 aromatic heterocycles. The molecule has 0 aromatic carbocycles. The predicted molar refractivity (Wildman–Crippen MR) is 62.4 cm³/mol. The number of aromatic amines is 1. The van der Waals surface area contributed by atoms with Gasteiger partial charge in [0.1, 0.15) is 11.3 Å². The van der Waals surface area contributed by atoms with Crippen LogP contribution in [0.25, 0.3) is 0 Å². The molecule has 2 heterocycles. The number of carbonyl (C=O) groups is 1. The van der Waals surface area contributed by atoms with E-state index in [1.54, 1.807) is 7.11 Å². The summed E-state index contributed by atoms with van der Waals surface area (Å²) in [6.45, 7) is 2.31. The van der Waals surface area contributed by atoms with Gasteiger partial charge in [0.2, 0.25) is 0 Å². The second-order valence-corrected chi connectivity index (χ2v) is 4.37. The summed E-state index contributed by atoms with van der Waals surface area (Å²) in [5.74, 6) is -1.00. The number of nitrogens with one attached hydrogen (secondary N) is 2. The van der Waals surface area contributed by atoms with E-state index in [2.05, 4.69) is 15.5 Å². The van der Waals surface area contributed by atoms with E-state index in [9.17, 15) is 4.79 Å². The molecule has 2 rings (SSSR count). The molecular formula is C11H17N3O4. The van der Waals surface area contributed by atoms with Gasteiger partial charge >= 0.3 is 5.97 Å². The molecule has 0 amide bonds. The Labute approximate surface area is 104 Å². The standard InChI is InChI=1S/C11H17N3O4/c1-17-11(2-3-18-7-11)6-12-4-8-5-13-14-9(8)10(15)16/h5,12H,2-4,6-7H2,1H3,(H,13,14)(H,15,16). The zero-order valence-electron chi connectivity index (χ0n) is 10.2. The summed E-state index contributed by atoms with van der Waals surface area (Å²) < 4.78 is 10.8. The molecule has 1 atom stereocenters. The first-order valence-electron chi connectivity index (χ1n) is 5.76. The van der Waals surface area contributed by atoms with E-state index in [0.717, 1.165) is 6.42 Å². The van der Waals surface area contributed by atoms with Crippen molar-refractivity contribution in [2.24, 2.45) is 0 Å². The van der Waals surface area contributed by atoms with E-state index < -0.39 is 5.97 Å². The van der Waals surface area contributed by atoms with Crippen molar-refractivity contribution in [3.8, 4) is 0 Å². The maximum Gasteiger partial charge on any atom is 0.354 e. The largest absolute Gasteiger partial charge is 0.477 e. The monoisotopic (exact) mass is 255 g/mol. The number of methoxy groups -OCH3 is 1. The fourth-order valence-electron chi connectivity index (χ4n) is 2.02. The number of nitrogens with zero attached hydrogens (tertiary/aromatic N) is 1. The lowest BCUT2D eigenvalue weighted by Gasteiger charge is -2.25. The Kier molecular flexibility index (Phi) is 3.95. The topological polar surface area (TPSA) is 96.5 Å². The molecule has 7 heteroatoms. The van der Waals surface area contributed by atoms with E-state index in [4.69, 9.17) is 14.6 Å². The van der Waals surface area contributed by atoms with E-state index in [1.807, 2.05) is 0 Å². The zero-order chi connectivity index (χ0) is 13.0. The molecule has 0 aliphatic carbocycles. The molecule has 7 nitrogen and oxygen atoms in total. The average molecular weight is 255 g/mol. The van der Waals surface area contributed by atoms with Crippen LogP contribution in [-0.2, 0) is 16.0 Å². The van der Waals surface area contributed by atoms with Crippen molar-refractivity contribution >= 4 is 5.97 Å². The predicted octanol–water partition coefficient (Wildman–Crippen LogP) is 0.00300. The van der Waals surface area contributed by atoms with Crippen molar-refractivity contribution in [1.82, 2.24) is 15.5 Å². The molecule has 18 heavy (non-hydrogen) atoms. The average Bonchev–Trinajstić information content (AvgIpc) is 2.98. The third-order valence-corrected chi connectivity index (χ3v) is 3.19. The van der Waals surface area contributed by atoms with Crippen LogP contribution in [0.5, 0.6) is 0 Å². The third-order valence-electron chi connectivity index (χ3n) is 3.19. The first-order valence-corrected chi connectivity index (χ1v) is 5.76.